The van der Waals surface area contributed by atoms with E-state index >= 15 is 0 Å². The highest BCUT2D eigenvalue weighted by Crippen LogP contribution is 2.35. The van der Waals surface area contributed by atoms with E-state index < -0.39 is 0 Å². The Morgan fingerprint density at radius 1 is 1.24 bits per heavy atom. The quantitative estimate of drug-likeness (QED) is 0.760. The van der Waals surface area contributed by atoms with E-state index in [0.29, 0.717) is 37.4 Å². The average Bonchev–Trinajstić information content (AvgIpc) is 2.24. The molecule has 1 heterocycles. The Labute approximate surface area is 106 Å². The molecule has 100 valence electrons. The third-order valence-corrected chi connectivity index (χ3v) is 3.68. The van der Waals surface area contributed by atoms with Gasteiger partial charge < -0.3 is 9.64 Å². The molecule has 1 unspecified atom stereocenters. The number of rotatable bonds is 3. The first-order valence-corrected chi connectivity index (χ1v) is 6.68. The van der Waals surface area contributed by atoms with Crippen molar-refractivity contribution in [2.24, 2.45) is 17.3 Å². The van der Waals surface area contributed by atoms with E-state index in [2.05, 4.69) is 34.6 Å². The van der Waals surface area contributed by atoms with Crippen molar-refractivity contribution in [1.29, 1.82) is 0 Å². The molecule has 1 aliphatic rings. The zero-order valence-electron chi connectivity index (χ0n) is 12.0. The van der Waals surface area contributed by atoms with Crippen LogP contribution in [-0.4, -0.2) is 37.1 Å². The molecule has 0 radical (unpaired) electrons. The smallest absolute Gasteiger partial charge is 0.223 e. The average molecular weight is 241 g/mol. The third-order valence-electron chi connectivity index (χ3n) is 3.68. The van der Waals surface area contributed by atoms with E-state index in [0.717, 1.165) is 13.1 Å². The van der Waals surface area contributed by atoms with Gasteiger partial charge in [-0.25, -0.2) is 0 Å². The Morgan fingerprint density at radius 2 is 1.76 bits per heavy atom. The first-order chi connectivity index (χ1) is 7.82. The Bertz CT molecular complexity index is 249. The molecule has 3 heteroatoms. The second-order valence-electron chi connectivity index (χ2n) is 6.41. The highest BCUT2D eigenvalue weighted by molar-refractivity contribution is 5.76. The van der Waals surface area contributed by atoms with Crippen LogP contribution in [0, 0.1) is 17.3 Å². The van der Waals surface area contributed by atoms with Crippen LogP contribution in [-0.2, 0) is 9.53 Å². The fourth-order valence-electron chi connectivity index (χ4n) is 2.67. The molecule has 1 rings (SSSR count). The first kappa shape index (κ1) is 14.5. The van der Waals surface area contributed by atoms with Crippen LogP contribution in [0.2, 0.25) is 0 Å². The zero-order valence-corrected chi connectivity index (χ0v) is 12.0. The molecule has 1 saturated heterocycles. The van der Waals surface area contributed by atoms with Gasteiger partial charge in [-0.2, -0.15) is 0 Å². The number of ether oxygens (including phenoxy) is 1. The highest BCUT2D eigenvalue weighted by Gasteiger charge is 2.31. The molecule has 3 nitrogen and oxygen atoms in total. The lowest BCUT2D eigenvalue weighted by Gasteiger charge is -2.36. The van der Waals surface area contributed by atoms with Crippen molar-refractivity contribution < 1.29 is 9.53 Å². The van der Waals surface area contributed by atoms with E-state index in [1.807, 2.05) is 4.90 Å². The zero-order chi connectivity index (χ0) is 13.1. The summed E-state index contributed by atoms with van der Waals surface area (Å²) in [6, 6.07) is 0. The van der Waals surface area contributed by atoms with Crippen LogP contribution < -0.4 is 0 Å². The van der Waals surface area contributed by atoms with Crippen molar-refractivity contribution in [3.63, 3.8) is 0 Å². The van der Waals surface area contributed by atoms with Gasteiger partial charge in [0.1, 0.15) is 0 Å². The lowest BCUT2D eigenvalue weighted by atomic mass is 9.72. The van der Waals surface area contributed by atoms with Crippen LogP contribution >= 0.6 is 0 Å². The van der Waals surface area contributed by atoms with Gasteiger partial charge in [-0.15, -0.1) is 0 Å². The van der Waals surface area contributed by atoms with Crippen LogP contribution in [0.1, 0.15) is 41.0 Å². The Kier molecular flexibility index (Phi) is 4.99. The molecule has 0 aromatic heterocycles. The molecule has 17 heavy (non-hydrogen) atoms. The lowest BCUT2D eigenvalue weighted by molar-refractivity contribution is -0.137. The van der Waals surface area contributed by atoms with Gasteiger partial charge in [-0.1, -0.05) is 34.6 Å². The van der Waals surface area contributed by atoms with Crippen molar-refractivity contribution >= 4 is 5.91 Å². The standard InChI is InChI=1S/C14H27NO2/c1-11(2)12(14(3,4)5)10-13(16)15-6-8-17-9-7-15/h11-12H,6-10H2,1-5H3. The van der Waals surface area contributed by atoms with Gasteiger partial charge in [0.25, 0.3) is 0 Å². The molecule has 1 fully saturated rings. The second kappa shape index (κ2) is 5.85. The maximum Gasteiger partial charge on any atom is 0.223 e. The van der Waals surface area contributed by atoms with Crippen LogP contribution in [0.3, 0.4) is 0 Å². The summed E-state index contributed by atoms with van der Waals surface area (Å²) < 4.78 is 5.28. The third kappa shape index (κ3) is 4.30. The number of nitrogens with zero attached hydrogens (tertiary/aromatic N) is 1. The molecule has 0 spiro atoms. The Hall–Kier alpha value is -0.570. The number of morpholine rings is 1. The number of carbonyl (C=O) groups excluding carboxylic acids is 1. The summed E-state index contributed by atoms with van der Waals surface area (Å²) in [6.07, 6.45) is 0.668. The highest BCUT2D eigenvalue weighted by atomic mass is 16.5. The molecular formula is C14H27NO2. The number of hydrogen-bond acceptors (Lipinski definition) is 2. The molecule has 1 atom stereocenters. The summed E-state index contributed by atoms with van der Waals surface area (Å²) in [6.45, 7) is 14.0. The molecule has 0 aliphatic carbocycles. The molecule has 0 saturated carbocycles. The molecule has 0 aromatic rings. The van der Waals surface area contributed by atoms with Crippen molar-refractivity contribution in [2.45, 2.75) is 41.0 Å². The van der Waals surface area contributed by atoms with Crippen molar-refractivity contribution in [1.82, 2.24) is 4.90 Å². The fraction of sp³-hybridized carbons (Fsp3) is 0.929. The van der Waals surface area contributed by atoms with E-state index in [9.17, 15) is 4.79 Å². The molecular weight excluding hydrogens is 214 g/mol. The fourth-order valence-corrected chi connectivity index (χ4v) is 2.67. The van der Waals surface area contributed by atoms with E-state index in [1.54, 1.807) is 0 Å². The maximum atomic E-state index is 12.2. The van der Waals surface area contributed by atoms with Gasteiger partial charge in [0.15, 0.2) is 0 Å². The topological polar surface area (TPSA) is 29.5 Å². The number of carbonyl (C=O) groups is 1. The van der Waals surface area contributed by atoms with Gasteiger partial charge in [0, 0.05) is 19.5 Å². The van der Waals surface area contributed by atoms with E-state index in [1.165, 1.54) is 0 Å². The predicted octanol–water partition coefficient (Wildman–Crippen LogP) is 2.55. The summed E-state index contributed by atoms with van der Waals surface area (Å²) in [4.78, 5) is 14.2. The van der Waals surface area contributed by atoms with Gasteiger partial charge in [-0.3, -0.25) is 4.79 Å². The van der Waals surface area contributed by atoms with Crippen LogP contribution in [0.25, 0.3) is 0 Å². The number of hydrogen-bond donors (Lipinski definition) is 0. The lowest BCUT2D eigenvalue weighted by Crippen LogP contribution is -2.42. The van der Waals surface area contributed by atoms with Crippen molar-refractivity contribution in [2.75, 3.05) is 26.3 Å². The van der Waals surface area contributed by atoms with Gasteiger partial charge in [0.05, 0.1) is 13.2 Å². The van der Waals surface area contributed by atoms with Gasteiger partial charge in [0.2, 0.25) is 5.91 Å². The summed E-state index contributed by atoms with van der Waals surface area (Å²) in [5.74, 6) is 1.28. The molecule has 0 bridgehead atoms. The van der Waals surface area contributed by atoms with Crippen LogP contribution in [0.5, 0.6) is 0 Å². The minimum atomic E-state index is 0.191. The minimum Gasteiger partial charge on any atom is -0.378 e. The number of amides is 1. The summed E-state index contributed by atoms with van der Waals surface area (Å²) >= 11 is 0. The molecule has 1 aliphatic heterocycles. The van der Waals surface area contributed by atoms with Crippen molar-refractivity contribution in [3.05, 3.63) is 0 Å². The normalized spacial score (nSPS) is 19.5. The summed E-state index contributed by atoms with van der Waals surface area (Å²) in [5.41, 5.74) is 0.191. The monoisotopic (exact) mass is 241 g/mol. The molecule has 1 amide bonds. The van der Waals surface area contributed by atoms with Gasteiger partial charge in [-0.05, 0) is 17.3 Å². The largest absolute Gasteiger partial charge is 0.378 e. The van der Waals surface area contributed by atoms with E-state index in [-0.39, 0.29) is 5.41 Å². The minimum absolute atomic E-state index is 0.191. The van der Waals surface area contributed by atoms with E-state index in [4.69, 9.17) is 4.74 Å². The second-order valence-corrected chi connectivity index (χ2v) is 6.41. The maximum absolute atomic E-state index is 12.2. The van der Waals surface area contributed by atoms with Gasteiger partial charge >= 0.3 is 0 Å². The summed E-state index contributed by atoms with van der Waals surface area (Å²) in [5, 5.41) is 0. The van der Waals surface area contributed by atoms with Crippen LogP contribution in [0.4, 0.5) is 0 Å². The molecule has 0 N–H and O–H groups in total. The summed E-state index contributed by atoms with van der Waals surface area (Å²) in [7, 11) is 0. The van der Waals surface area contributed by atoms with Crippen LogP contribution in [0.15, 0.2) is 0 Å². The Balaban J connectivity index is 2.57. The Morgan fingerprint density at radius 3 is 2.18 bits per heavy atom. The SMILES string of the molecule is CC(C)C(CC(=O)N1CCOCC1)C(C)(C)C. The molecule has 0 aromatic carbocycles. The first-order valence-electron chi connectivity index (χ1n) is 6.68. The predicted molar refractivity (Wildman–Crippen MR) is 69.8 cm³/mol. The van der Waals surface area contributed by atoms with Crippen molar-refractivity contribution in [3.8, 4) is 0 Å².